The summed E-state index contributed by atoms with van der Waals surface area (Å²) in [7, 11) is 0. The third-order valence-corrected chi connectivity index (χ3v) is 2.34. The highest BCUT2D eigenvalue weighted by Gasteiger charge is 2.24. The number of benzene rings is 1. The third kappa shape index (κ3) is 2.34. The minimum Gasteiger partial charge on any atom is -0.258 e. The summed E-state index contributed by atoms with van der Waals surface area (Å²) in [6, 6.07) is 2.23. The van der Waals surface area contributed by atoms with Gasteiger partial charge in [-0.25, -0.2) is 0 Å². The summed E-state index contributed by atoms with van der Waals surface area (Å²) < 4.78 is 0. The molecule has 15 heavy (non-hydrogen) atoms. The summed E-state index contributed by atoms with van der Waals surface area (Å²) in [4.78, 5) is 19.5. The van der Waals surface area contributed by atoms with Gasteiger partial charge >= 0.3 is 0 Å². The molecule has 0 aliphatic heterocycles. The van der Waals surface area contributed by atoms with Crippen molar-refractivity contribution in [1.29, 1.82) is 0 Å². The number of nitrogens with zero attached hydrogens (tertiary/aromatic N) is 2. The molecule has 1 rings (SSSR count). The van der Waals surface area contributed by atoms with E-state index >= 15 is 0 Å². The molecule has 0 bridgehead atoms. The zero-order chi connectivity index (χ0) is 11.6. The summed E-state index contributed by atoms with van der Waals surface area (Å²) in [6.07, 6.45) is 0. The Bertz CT molecular complexity index is 400. The van der Waals surface area contributed by atoms with E-state index in [-0.39, 0.29) is 11.4 Å². The number of hydrogen-bond acceptors (Lipinski definition) is 4. The monoisotopic (exact) mass is 250 g/mol. The van der Waals surface area contributed by atoms with Crippen LogP contribution in [0.5, 0.6) is 0 Å². The van der Waals surface area contributed by atoms with Crippen molar-refractivity contribution < 1.29 is 9.85 Å². The second-order valence-corrected chi connectivity index (χ2v) is 3.24. The molecule has 0 saturated carbocycles. The van der Waals surface area contributed by atoms with E-state index in [0.29, 0.717) is 0 Å². The zero-order valence-electron chi connectivity index (χ0n) is 7.15. The summed E-state index contributed by atoms with van der Waals surface area (Å²) in [5.41, 5.74) is -0.748. The number of hydrogen-bond donors (Lipinski definition) is 0. The first-order valence-corrected chi connectivity index (χ1v) is 4.55. The molecule has 1 aromatic rings. The smallest absolute Gasteiger partial charge is 0.258 e. The fraction of sp³-hybridized carbons (Fsp3) is 0.143. The van der Waals surface area contributed by atoms with Crippen molar-refractivity contribution >= 4 is 34.6 Å². The molecule has 0 aliphatic rings. The Balaban J connectivity index is 3.47. The predicted octanol–water partition coefficient (Wildman–Crippen LogP) is 2.90. The maximum Gasteiger partial charge on any atom is 0.295 e. The lowest BCUT2D eigenvalue weighted by Crippen LogP contribution is -1.96. The van der Waals surface area contributed by atoms with Gasteiger partial charge in [0.05, 0.1) is 9.85 Å². The van der Waals surface area contributed by atoms with E-state index < -0.39 is 26.2 Å². The van der Waals surface area contributed by atoms with E-state index in [0.717, 1.165) is 12.1 Å². The summed E-state index contributed by atoms with van der Waals surface area (Å²) in [6.45, 7) is 0. The number of nitro groups is 2. The molecule has 0 unspecified atom stereocenters. The number of rotatable bonds is 3. The van der Waals surface area contributed by atoms with Gasteiger partial charge in [0.1, 0.15) is 0 Å². The molecule has 1 aromatic carbocycles. The maximum atomic E-state index is 10.5. The molecule has 0 N–H and O–H groups in total. The molecule has 0 amide bonds. The topological polar surface area (TPSA) is 86.3 Å². The first-order chi connectivity index (χ1) is 6.97. The van der Waals surface area contributed by atoms with Gasteiger partial charge in [-0.3, -0.25) is 20.2 Å². The number of alkyl halides is 1. The van der Waals surface area contributed by atoms with Crippen molar-refractivity contribution in [2.75, 3.05) is 0 Å². The van der Waals surface area contributed by atoms with Crippen LogP contribution in [0.2, 0.25) is 5.02 Å². The van der Waals surface area contributed by atoms with Gasteiger partial charge in [0.15, 0.2) is 5.02 Å². The van der Waals surface area contributed by atoms with Gasteiger partial charge in [-0.1, -0.05) is 11.6 Å². The van der Waals surface area contributed by atoms with Crippen LogP contribution >= 0.6 is 23.2 Å². The first-order valence-electron chi connectivity index (χ1n) is 3.64. The van der Waals surface area contributed by atoms with Crippen LogP contribution in [0.15, 0.2) is 12.1 Å². The highest BCUT2D eigenvalue weighted by molar-refractivity contribution is 6.34. The lowest BCUT2D eigenvalue weighted by Gasteiger charge is -2.00. The Kier molecular flexibility index (Phi) is 3.43. The second-order valence-electron chi connectivity index (χ2n) is 2.60. The van der Waals surface area contributed by atoms with Crippen LogP contribution in [0.25, 0.3) is 0 Å². The van der Waals surface area contributed by atoms with Crippen LogP contribution in [-0.2, 0) is 5.88 Å². The predicted molar refractivity (Wildman–Crippen MR) is 54.3 cm³/mol. The van der Waals surface area contributed by atoms with Crippen LogP contribution < -0.4 is 0 Å². The number of halogens is 2. The Morgan fingerprint density at radius 2 is 1.53 bits per heavy atom. The van der Waals surface area contributed by atoms with Gasteiger partial charge in [-0.05, 0) is 5.56 Å². The van der Waals surface area contributed by atoms with E-state index in [4.69, 9.17) is 23.2 Å². The van der Waals surface area contributed by atoms with E-state index in [9.17, 15) is 20.2 Å². The normalized spacial score (nSPS) is 10.0. The summed E-state index contributed by atoms with van der Waals surface area (Å²) in [5, 5.41) is 20.6. The van der Waals surface area contributed by atoms with E-state index in [1.54, 1.807) is 0 Å². The quantitative estimate of drug-likeness (QED) is 0.469. The number of nitro benzene ring substituents is 2. The van der Waals surface area contributed by atoms with Crippen molar-refractivity contribution in [3.8, 4) is 0 Å². The van der Waals surface area contributed by atoms with Crippen molar-refractivity contribution in [3.63, 3.8) is 0 Å². The highest BCUT2D eigenvalue weighted by Crippen LogP contribution is 2.35. The van der Waals surface area contributed by atoms with E-state index in [1.807, 2.05) is 0 Å². The van der Waals surface area contributed by atoms with Crippen molar-refractivity contribution in [1.82, 2.24) is 0 Å². The molecule has 0 aromatic heterocycles. The van der Waals surface area contributed by atoms with Gasteiger partial charge in [-0.15, -0.1) is 11.6 Å². The average Bonchev–Trinajstić information content (AvgIpc) is 2.17. The molecule has 0 heterocycles. The molecule has 0 fully saturated rings. The molecule has 0 radical (unpaired) electrons. The van der Waals surface area contributed by atoms with Crippen molar-refractivity contribution in [3.05, 3.63) is 42.9 Å². The van der Waals surface area contributed by atoms with Crippen LogP contribution in [0.1, 0.15) is 5.56 Å². The molecule has 80 valence electrons. The molecule has 0 aliphatic carbocycles. The van der Waals surface area contributed by atoms with Crippen LogP contribution in [-0.4, -0.2) is 9.85 Å². The summed E-state index contributed by atoms with van der Waals surface area (Å²) in [5.74, 6) is -0.0567. The Morgan fingerprint density at radius 3 is 1.80 bits per heavy atom. The minimum atomic E-state index is -0.786. The fourth-order valence-corrected chi connectivity index (χ4v) is 1.40. The largest absolute Gasteiger partial charge is 0.295 e. The Morgan fingerprint density at radius 1 is 1.13 bits per heavy atom. The molecule has 8 heteroatoms. The molecule has 6 nitrogen and oxygen atoms in total. The van der Waals surface area contributed by atoms with Crippen molar-refractivity contribution in [2.45, 2.75) is 5.88 Å². The van der Waals surface area contributed by atoms with Gasteiger partial charge in [-0.2, -0.15) is 0 Å². The van der Waals surface area contributed by atoms with Crippen LogP contribution in [0, 0.1) is 20.2 Å². The van der Waals surface area contributed by atoms with Gasteiger partial charge in [0.2, 0.25) is 0 Å². The fourth-order valence-electron chi connectivity index (χ4n) is 0.994. The van der Waals surface area contributed by atoms with Crippen LogP contribution in [0.3, 0.4) is 0 Å². The lowest BCUT2D eigenvalue weighted by molar-refractivity contribution is -0.394. The first kappa shape index (κ1) is 11.7. The second kappa shape index (κ2) is 4.41. The minimum absolute atomic E-state index is 0.0567. The molecule has 0 spiro atoms. The Labute approximate surface area is 93.7 Å². The standard InChI is InChI=1S/C7H4Cl2N2O4/c8-3-4-1-5(10(12)13)7(9)6(2-4)11(14)15/h1-2H,3H2. The molecule has 0 atom stereocenters. The molecular formula is C7H4Cl2N2O4. The van der Waals surface area contributed by atoms with E-state index in [1.165, 1.54) is 0 Å². The zero-order valence-corrected chi connectivity index (χ0v) is 8.66. The average molecular weight is 251 g/mol. The molecule has 0 saturated heterocycles. The van der Waals surface area contributed by atoms with Gasteiger partial charge in [0.25, 0.3) is 11.4 Å². The summed E-state index contributed by atoms with van der Waals surface area (Å²) >= 11 is 10.9. The third-order valence-electron chi connectivity index (χ3n) is 1.64. The van der Waals surface area contributed by atoms with Crippen LogP contribution in [0.4, 0.5) is 11.4 Å². The van der Waals surface area contributed by atoms with E-state index in [2.05, 4.69) is 0 Å². The maximum absolute atomic E-state index is 10.5. The highest BCUT2D eigenvalue weighted by atomic mass is 35.5. The Hall–Kier alpha value is -1.40. The lowest BCUT2D eigenvalue weighted by atomic mass is 10.2. The van der Waals surface area contributed by atoms with Gasteiger partial charge < -0.3 is 0 Å². The van der Waals surface area contributed by atoms with Gasteiger partial charge in [0, 0.05) is 18.0 Å². The SMILES string of the molecule is O=[N+]([O-])c1cc(CCl)cc([N+](=O)[O-])c1Cl. The molecular weight excluding hydrogens is 247 g/mol. The van der Waals surface area contributed by atoms with Crippen molar-refractivity contribution in [2.24, 2.45) is 0 Å².